The van der Waals surface area contributed by atoms with Crippen molar-refractivity contribution in [2.24, 2.45) is 21.6 Å². The number of amidine groups is 1. The Morgan fingerprint density at radius 3 is 1.88 bits per heavy atom. The summed E-state index contributed by atoms with van der Waals surface area (Å²) in [6.45, 7) is 16.0. The van der Waals surface area contributed by atoms with E-state index in [0.717, 1.165) is 4.90 Å². The molecule has 0 aromatic carbocycles. The lowest BCUT2D eigenvalue weighted by Gasteiger charge is -2.27. The topological polar surface area (TPSA) is 224 Å². The number of aliphatic imine (C=N–C) groups is 1. The molecule has 0 unspecified atom stereocenters. The van der Waals surface area contributed by atoms with Gasteiger partial charge in [0.2, 0.25) is 11.8 Å². The van der Waals surface area contributed by atoms with Gasteiger partial charge in [0, 0.05) is 6.54 Å². The van der Waals surface area contributed by atoms with E-state index < -0.39 is 64.9 Å². The van der Waals surface area contributed by atoms with E-state index in [9.17, 15) is 24.0 Å². The molecule has 0 radical (unpaired) electrons. The maximum atomic E-state index is 12.8. The monoisotopic (exact) mass is 588 g/mol. The summed E-state index contributed by atoms with van der Waals surface area (Å²) in [6, 6.07) is -1.37. The first-order valence-corrected chi connectivity index (χ1v) is 12.8. The second-order valence-corrected chi connectivity index (χ2v) is 11.5. The lowest BCUT2D eigenvalue weighted by atomic mass is 10.1. The molecule has 0 aliphatic heterocycles. The summed E-state index contributed by atoms with van der Waals surface area (Å²) in [5.41, 5.74) is 8.71. The number of carbonyl (C=O) groups excluding carboxylic acids is 5. The van der Waals surface area contributed by atoms with Gasteiger partial charge >= 0.3 is 30.2 Å². The van der Waals surface area contributed by atoms with Gasteiger partial charge in [0.05, 0.1) is 6.61 Å². The van der Waals surface area contributed by atoms with Crippen molar-refractivity contribution in [1.29, 1.82) is 0 Å². The van der Waals surface area contributed by atoms with Crippen molar-refractivity contribution in [3.63, 3.8) is 0 Å². The molecule has 5 N–H and O–H groups in total. The Morgan fingerprint density at radius 2 is 1.39 bits per heavy atom. The number of ether oxygens (including phenoxy) is 4. The number of nitrogens with one attached hydrogen (secondary N) is 1. The van der Waals surface area contributed by atoms with Gasteiger partial charge < -0.3 is 40.6 Å². The van der Waals surface area contributed by atoms with Crippen molar-refractivity contribution in [2.75, 3.05) is 13.2 Å². The smallest absolute Gasteiger partial charge is 0.437 e. The van der Waals surface area contributed by atoms with Gasteiger partial charge in [-0.05, 0) is 82.1 Å². The average molecular weight is 589 g/mol. The molecule has 0 bridgehead atoms. The fourth-order valence-corrected chi connectivity index (χ4v) is 2.61. The number of esters is 1. The zero-order valence-electron chi connectivity index (χ0n) is 25.5. The fourth-order valence-electron chi connectivity index (χ4n) is 2.61. The zero-order valence-corrected chi connectivity index (χ0v) is 25.5. The first-order chi connectivity index (χ1) is 18.5. The van der Waals surface area contributed by atoms with Crippen molar-refractivity contribution in [1.82, 2.24) is 10.2 Å². The third kappa shape index (κ3) is 17.2. The predicted molar refractivity (Wildman–Crippen MR) is 148 cm³/mol. The molecule has 0 fully saturated rings. The summed E-state index contributed by atoms with van der Waals surface area (Å²) in [5.74, 6) is -3.34. The SMILES string of the molecule is CCOC(=O)/C(N)=N/OC(=O)[C@H](CCCN(C(=O)OC(C)(C)C)/C(N)=N/C(=O)OC(C)(C)C)NC(=O)OC(C)(C)C. The third-order valence-electron chi connectivity index (χ3n) is 4.06. The van der Waals surface area contributed by atoms with E-state index in [1.54, 1.807) is 69.2 Å². The highest BCUT2D eigenvalue weighted by molar-refractivity contribution is 6.34. The molecule has 16 nitrogen and oxygen atoms in total. The molecule has 0 rings (SSSR count). The van der Waals surface area contributed by atoms with Gasteiger partial charge in [-0.15, -0.1) is 4.99 Å². The van der Waals surface area contributed by atoms with Gasteiger partial charge in [-0.1, -0.05) is 5.16 Å². The summed E-state index contributed by atoms with van der Waals surface area (Å²) in [7, 11) is 0. The Bertz CT molecular complexity index is 1010. The quantitative estimate of drug-likeness (QED) is 0.0929. The normalized spacial score (nSPS) is 13.4. The minimum Gasteiger partial charge on any atom is -0.460 e. The number of amides is 3. The van der Waals surface area contributed by atoms with Crippen LogP contribution in [0.4, 0.5) is 14.4 Å². The molecule has 0 aliphatic carbocycles. The van der Waals surface area contributed by atoms with E-state index in [1.165, 1.54) is 0 Å². The molecule has 3 amide bonds. The van der Waals surface area contributed by atoms with Crippen molar-refractivity contribution in [3.05, 3.63) is 0 Å². The van der Waals surface area contributed by atoms with Crippen molar-refractivity contribution in [3.8, 4) is 0 Å². The molecule has 1 atom stereocenters. The molecule has 234 valence electrons. The second-order valence-electron chi connectivity index (χ2n) is 11.5. The van der Waals surface area contributed by atoms with Crippen LogP contribution in [-0.2, 0) is 33.4 Å². The van der Waals surface area contributed by atoms with Crippen LogP contribution in [0, 0.1) is 0 Å². The maximum Gasteiger partial charge on any atom is 0.437 e. The molecule has 0 saturated carbocycles. The number of hydrogen-bond acceptors (Lipinski definition) is 11. The molecule has 0 spiro atoms. The summed E-state index contributed by atoms with van der Waals surface area (Å²) in [6.07, 6.45) is -3.05. The number of nitrogens with zero attached hydrogens (tertiary/aromatic N) is 3. The first kappa shape index (κ1) is 36.9. The van der Waals surface area contributed by atoms with Crippen LogP contribution in [0.25, 0.3) is 0 Å². The van der Waals surface area contributed by atoms with Gasteiger partial charge in [0.25, 0.3) is 0 Å². The Balaban J connectivity index is 5.87. The lowest BCUT2D eigenvalue weighted by Crippen LogP contribution is -2.47. The van der Waals surface area contributed by atoms with Crippen LogP contribution in [0.3, 0.4) is 0 Å². The molecule has 0 aromatic heterocycles. The minimum atomic E-state index is -1.37. The maximum absolute atomic E-state index is 12.8. The van der Waals surface area contributed by atoms with Crippen LogP contribution < -0.4 is 16.8 Å². The average Bonchev–Trinajstić information content (AvgIpc) is 2.75. The number of carbonyl (C=O) groups is 5. The molecular formula is C25H44N6O10. The standard InChI is InChI=1S/C25H44N6O10/c1-11-37-18(33)16(26)30-41-17(32)15(28-20(34)38-23(2,3)4)13-12-14-31(22(36)40-25(8,9)10)19(27)29-21(35)39-24(5,6)7/h15H,11-14H2,1-10H3,(H2,26,30)(H,28,34)(H2,27,29,35)/t15-/m0/s1. The molecular weight excluding hydrogens is 544 g/mol. The highest BCUT2D eigenvalue weighted by atomic mass is 16.7. The van der Waals surface area contributed by atoms with Crippen molar-refractivity contribution < 1.29 is 47.8 Å². The Hall–Kier alpha value is -4.11. The molecule has 0 saturated heterocycles. The molecule has 16 heteroatoms. The number of hydrogen-bond donors (Lipinski definition) is 3. The number of nitrogens with two attached hydrogens (primary N) is 2. The zero-order chi connectivity index (χ0) is 32.2. The van der Waals surface area contributed by atoms with E-state index in [1.807, 2.05) is 0 Å². The summed E-state index contributed by atoms with van der Waals surface area (Å²) < 4.78 is 20.3. The highest BCUT2D eigenvalue weighted by Crippen LogP contribution is 2.13. The number of guanidine groups is 1. The summed E-state index contributed by atoms with van der Waals surface area (Å²) >= 11 is 0. The molecule has 0 aliphatic rings. The van der Waals surface area contributed by atoms with Crippen LogP contribution in [0.2, 0.25) is 0 Å². The van der Waals surface area contributed by atoms with E-state index in [2.05, 4.69) is 20.2 Å². The Labute approximate surface area is 240 Å². The van der Waals surface area contributed by atoms with Crippen LogP contribution in [-0.4, -0.2) is 82.9 Å². The minimum absolute atomic E-state index is 0.00355. The number of rotatable bonds is 8. The lowest BCUT2D eigenvalue weighted by molar-refractivity contribution is -0.146. The van der Waals surface area contributed by atoms with Gasteiger partial charge in [-0.3, -0.25) is 0 Å². The van der Waals surface area contributed by atoms with E-state index in [4.69, 9.17) is 30.5 Å². The van der Waals surface area contributed by atoms with Gasteiger partial charge in [0.15, 0.2) is 0 Å². The van der Waals surface area contributed by atoms with E-state index >= 15 is 0 Å². The Kier molecular flexibility index (Phi) is 14.1. The van der Waals surface area contributed by atoms with Crippen molar-refractivity contribution >= 4 is 42.0 Å². The molecule has 0 heterocycles. The van der Waals surface area contributed by atoms with Crippen LogP contribution in [0.5, 0.6) is 0 Å². The second kappa shape index (κ2) is 15.6. The predicted octanol–water partition coefficient (Wildman–Crippen LogP) is 2.53. The van der Waals surface area contributed by atoms with E-state index in [-0.39, 0.29) is 26.0 Å². The molecule has 41 heavy (non-hydrogen) atoms. The summed E-state index contributed by atoms with van der Waals surface area (Å²) in [5, 5.41) is 5.60. The van der Waals surface area contributed by atoms with Crippen LogP contribution in [0.1, 0.15) is 82.1 Å². The fraction of sp³-hybridized carbons (Fsp3) is 0.720. The first-order valence-electron chi connectivity index (χ1n) is 12.8. The number of oxime groups is 1. The van der Waals surface area contributed by atoms with Crippen molar-refractivity contribution in [2.45, 2.75) is 105 Å². The third-order valence-corrected chi connectivity index (χ3v) is 4.06. The van der Waals surface area contributed by atoms with E-state index in [0.29, 0.717) is 0 Å². The van der Waals surface area contributed by atoms with Crippen LogP contribution in [0.15, 0.2) is 10.1 Å². The van der Waals surface area contributed by atoms with Gasteiger partial charge in [0.1, 0.15) is 22.8 Å². The molecule has 0 aromatic rings. The van der Waals surface area contributed by atoms with Gasteiger partial charge in [-0.25, -0.2) is 28.9 Å². The number of alkyl carbamates (subject to hydrolysis) is 1. The van der Waals surface area contributed by atoms with Gasteiger partial charge in [-0.2, -0.15) is 0 Å². The highest BCUT2D eigenvalue weighted by Gasteiger charge is 2.29. The largest absolute Gasteiger partial charge is 0.460 e. The van der Waals surface area contributed by atoms with Crippen LogP contribution >= 0.6 is 0 Å². The summed E-state index contributed by atoms with van der Waals surface area (Å²) in [4.78, 5) is 70.9. The Morgan fingerprint density at radius 1 is 0.854 bits per heavy atom.